The Balaban J connectivity index is 4.47. The fraction of sp³-hybridized carbons (Fsp3) is 0.694. The van der Waals surface area contributed by atoms with Gasteiger partial charge in [-0.25, -0.2) is 0 Å². The highest BCUT2D eigenvalue weighted by Crippen LogP contribution is 2.13. The highest BCUT2D eigenvalue weighted by molar-refractivity contribution is 5.71. The van der Waals surface area contributed by atoms with E-state index in [9.17, 15) is 14.4 Å². The Morgan fingerprint density at radius 2 is 0.544 bits per heavy atom. The SMILES string of the molecule is CCCC/C=C\C/C=C\CCCCCCCC(=O)OC[C@H](COC(=O)CCCCCCCC/C=C\C/C=C\C/C=C\CCCCC)OC(=O)CCCCCC/C=C\C/C=C\C/C=C\CCCCC. The monoisotopic (exact) mass is 945 g/mol. The van der Waals surface area contributed by atoms with Crippen molar-refractivity contribution in [3.05, 3.63) is 97.2 Å². The van der Waals surface area contributed by atoms with E-state index in [0.717, 1.165) is 128 Å². The fourth-order valence-corrected chi connectivity index (χ4v) is 7.47. The Hall–Kier alpha value is -3.67. The van der Waals surface area contributed by atoms with E-state index in [0.29, 0.717) is 19.3 Å². The molecule has 0 rings (SSSR count). The van der Waals surface area contributed by atoms with Gasteiger partial charge in [-0.2, -0.15) is 0 Å². The first kappa shape index (κ1) is 64.3. The lowest BCUT2D eigenvalue weighted by Gasteiger charge is -2.18. The van der Waals surface area contributed by atoms with Crippen LogP contribution in [0.2, 0.25) is 0 Å². The molecular formula is C62H104O6. The quantitative estimate of drug-likeness (QED) is 0.0262. The van der Waals surface area contributed by atoms with E-state index in [1.165, 1.54) is 89.9 Å². The zero-order valence-electron chi connectivity index (χ0n) is 44.3. The van der Waals surface area contributed by atoms with E-state index in [-0.39, 0.29) is 31.1 Å². The molecule has 0 bridgehead atoms. The Kier molecular flexibility index (Phi) is 52.9. The van der Waals surface area contributed by atoms with Gasteiger partial charge in [0.05, 0.1) is 0 Å². The minimum Gasteiger partial charge on any atom is -0.462 e. The van der Waals surface area contributed by atoms with Gasteiger partial charge in [-0.05, 0) is 122 Å². The fourth-order valence-electron chi connectivity index (χ4n) is 7.47. The maximum Gasteiger partial charge on any atom is 0.306 e. The maximum atomic E-state index is 12.8. The van der Waals surface area contributed by atoms with Gasteiger partial charge >= 0.3 is 17.9 Å². The molecule has 0 aliphatic rings. The van der Waals surface area contributed by atoms with Gasteiger partial charge in [-0.15, -0.1) is 0 Å². The second kappa shape index (κ2) is 55.9. The molecule has 0 saturated carbocycles. The van der Waals surface area contributed by atoms with Gasteiger partial charge in [0.1, 0.15) is 13.2 Å². The van der Waals surface area contributed by atoms with Crippen molar-refractivity contribution in [2.45, 2.75) is 264 Å². The average Bonchev–Trinajstić information content (AvgIpc) is 3.34. The number of esters is 3. The molecule has 1 atom stereocenters. The van der Waals surface area contributed by atoms with Crippen LogP contribution < -0.4 is 0 Å². The molecular weight excluding hydrogens is 841 g/mol. The van der Waals surface area contributed by atoms with Gasteiger partial charge in [0.25, 0.3) is 0 Å². The number of allylic oxidation sites excluding steroid dienone is 16. The number of unbranched alkanes of at least 4 members (excludes halogenated alkanes) is 23. The Labute approximate surface area is 419 Å². The molecule has 0 spiro atoms. The highest BCUT2D eigenvalue weighted by atomic mass is 16.6. The molecule has 0 heterocycles. The molecule has 6 heteroatoms. The van der Waals surface area contributed by atoms with Gasteiger partial charge in [0.2, 0.25) is 0 Å². The number of ether oxygens (including phenoxy) is 3. The number of carbonyl (C=O) groups excluding carboxylic acids is 3. The second-order valence-corrected chi connectivity index (χ2v) is 18.5. The van der Waals surface area contributed by atoms with Gasteiger partial charge in [-0.1, -0.05) is 214 Å². The summed E-state index contributed by atoms with van der Waals surface area (Å²) in [6.45, 7) is 6.50. The molecule has 6 nitrogen and oxygen atoms in total. The molecule has 0 saturated heterocycles. The number of carbonyl (C=O) groups is 3. The van der Waals surface area contributed by atoms with Crippen molar-refractivity contribution in [2.24, 2.45) is 0 Å². The number of hydrogen-bond donors (Lipinski definition) is 0. The van der Waals surface area contributed by atoms with Crippen LogP contribution in [0, 0.1) is 0 Å². The van der Waals surface area contributed by atoms with Crippen LogP contribution >= 0.6 is 0 Å². The van der Waals surface area contributed by atoms with E-state index in [1.54, 1.807) is 0 Å². The third-order valence-corrected chi connectivity index (χ3v) is 11.8. The van der Waals surface area contributed by atoms with Crippen molar-refractivity contribution >= 4 is 17.9 Å². The standard InChI is InChI=1S/C62H104O6/c1-4-7-10-13-16-19-22-25-28-30-31-33-34-37-40-43-46-49-52-55-61(64)67-58-59(57-66-60(63)54-51-48-45-42-39-36-27-24-21-18-15-12-9-6-3)68-62(65)56-53-50-47-44-41-38-35-32-29-26-23-20-17-14-11-8-5-2/h15-20,24-29,31,33,35,38,59H,4-14,21-23,30,32,34,36-37,39-58H2,1-3H3/b18-15-,19-16-,20-17-,27-24-,28-25-,29-26-,33-31-,38-35-/t59-/m1/s1. The van der Waals surface area contributed by atoms with Crippen LogP contribution in [0.4, 0.5) is 0 Å². The lowest BCUT2D eigenvalue weighted by atomic mass is 10.1. The predicted octanol–water partition coefficient (Wildman–Crippen LogP) is 18.9. The van der Waals surface area contributed by atoms with Crippen LogP contribution in [0.5, 0.6) is 0 Å². The van der Waals surface area contributed by atoms with E-state index in [4.69, 9.17) is 14.2 Å². The molecule has 0 aromatic heterocycles. The van der Waals surface area contributed by atoms with Crippen LogP contribution in [0.3, 0.4) is 0 Å². The van der Waals surface area contributed by atoms with Crippen LogP contribution in [0.25, 0.3) is 0 Å². The van der Waals surface area contributed by atoms with Crippen LogP contribution in [0.1, 0.15) is 258 Å². The maximum absolute atomic E-state index is 12.8. The molecule has 0 N–H and O–H groups in total. The normalized spacial score (nSPS) is 12.8. The van der Waals surface area contributed by atoms with Crippen LogP contribution in [-0.4, -0.2) is 37.2 Å². The van der Waals surface area contributed by atoms with Crippen LogP contribution in [-0.2, 0) is 28.6 Å². The molecule has 0 radical (unpaired) electrons. The first-order valence-electron chi connectivity index (χ1n) is 28.2. The van der Waals surface area contributed by atoms with Crippen molar-refractivity contribution < 1.29 is 28.6 Å². The summed E-state index contributed by atoms with van der Waals surface area (Å²) < 4.78 is 16.8. The van der Waals surface area contributed by atoms with Gasteiger partial charge < -0.3 is 14.2 Å². The Morgan fingerprint density at radius 3 is 0.868 bits per heavy atom. The summed E-state index contributed by atoms with van der Waals surface area (Å²) in [4.78, 5) is 38.1. The number of hydrogen-bond acceptors (Lipinski definition) is 6. The summed E-state index contributed by atoms with van der Waals surface area (Å²) in [6.07, 6.45) is 73.8. The van der Waals surface area contributed by atoms with E-state index >= 15 is 0 Å². The molecule has 0 aromatic carbocycles. The topological polar surface area (TPSA) is 78.9 Å². The Morgan fingerprint density at radius 1 is 0.294 bits per heavy atom. The van der Waals surface area contributed by atoms with Crippen molar-refractivity contribution in [1.29, 1.82) is 0 Å². The molecule has 0 aromatic rings. The van der Waals surface area contributed by atoms with Crippen molar-refractivity contribution in [2.75, 3.05) is 13.2 Å². The smallest absolute Gasteiger partial charge is 0.306 e. The minimum absolute atomic E-state index is 0.0990. The molecule has 0 unspecified atom stereocenters. The average molecular weight is 946 g/mol. The summed E-state index contributed by atoms with van der Waals surface area (Å²) in [5.74, 6) is -0.945. The first-order valence-corrected chi connectivity index (χ1v) is 28.2. The van der Waals surface area contributed by atoms with E-state index in [2.05, 4.69) is 118 Å². The van der Waals surface area contributed by atoms with Gasteiger partial charge in [0.15, 0.2) is 6.10 Å². The molecule has 68 heavy (non-hydrogen) atoms. The second-order valence-electron chi connectivity index (χ2n) is 18.5. The third kappa shape index (κ3) is 53.3. The third-order valence-electron chi connectivity index (χ3n) is 11.8. The zero-order valence-corrected chi connectivity index (χ0v) is 44.3. The predicted molar refractivity (Wildman–Crippen MR) is 293 cm³/mol. The Bertz CT molecular complexity index is 1360. The summed E-state index contributed by atoms with van der Waals surface area (Å²) in [5.41, 5.74) is 0. The van der Waals surface area contributed by atoms with Crippen molar-refractivity contribution in [3.8, 4) is 0 Å². The summed E-state index contributed by atoms with van der Waals surface area (Å²) in [5, 5.41) is 0. The van der Waals surface area contributed by atoms with E-state index < -0.39 is 6.10 Å². The highest BCUT2D eigenvalue weighted by Gasteiger charge is 2.19. The lowest BCUT2D eigenvalue weighted by Crippen LogP contribution is -2.30. The molecule has 0 aliphatic heterocycles. The summed E-state index contributed by atoms with van der Waals surface area (Å²) >= 11 is 0. The minimum atomic E-state index is -0.802. The summed E-state index contributed by atoms with van der Waals surface area (Å²) in [7, 11) is 0. The van der Waals surface area contributed by atoms with Crippen LogP contribution in [0.15, 0.2) is 97.2 Å². The van der Waals surface area contributed by atoms with Crippen molar-refractivity contribution in [3.63, 3.8) is 0 Å². The van der Waals surface area contributed by atoms with Gasteiger partial charge in [0, 0.05) is 19.3 Å². The van der Waals surface area contributed by atoms with Crippen molar-refractivity contribution in [1.82, 2.24) is 0 Å². The summed E-state index contributed by atoms with van der Waals surface area (Å²) in [6, 6.07) is 0. The molecule has 0 aliphatic carbocycles. The molecule has 0 amide bonds. The molecule has 0 fully saturated rings. The largest absolute Gasteiger partial charge is 0.462 e. The zero-order chi connectivity index (χ0) is 49.3. The lowest BCUT2D eigenvalue weighted by molar-refractivity contribution is -0.167. The van der Waals surface area contributed by atoms with Gasteiger partial charge in [-0.3, -0.25) is 14.4 Å². The van der Waals surface area contributed by atoms with E-state index in [1.807, 2.05) is 0 Å². The first-order chi connectivity index (χ1) is 33.5. The molecule has 388 valence electrons. The number of rotatable bonds is 50.